The molecule has 0 N–H and O–H groups in total. The van der Waals surface area contributed by atoms with Gasteiger partial charge in [-0.15, -0.1) is 0 Å². The highest BCUT2D eigenvalue weighted by atomic mass is 15.0. The molecule has 0 spiro atoms. The highest BCUT2D eigenvalue weighted by Gasteiger charge is 2.20. The summed E-state index contributed by atoms with van der Waals surface area (Å²) in [6, 6.07) is 57.8. The van der Waals surface area contributed by atoms with E-state index < -0.39 is 0 Å². The van der Waals surface area contributed by atoms with Crippen molar-refractivity contribution in [1.29, 1.82) is 0 Å². The Hall–Kier alpha value is -6.65. The topological polar surface area (TPSA) is 43.6 Å². The molecule has 0 bridgehead atoms. The first-order valence-corrected chi connectivity index (χ1v) is 17.8. The smallest absolute Gasteiger partial charge is 0.160 e. The van der Waals surface area contributed by atoms with Crippen LogP contribution >= 0.6 is 0 Å². The number of hydrogen-bond acceptors (Lipinski definition) is 3. The predicted molar refractivity (Wildman–Crippen MR) is 215 cm³/mol. The molecular weight excluding hydrogens is 633 g/mol. The molecule has 52 heavy (non-hydrogen) atoms. The molecule has 0 fully saturated rings. The molecule has 248 valence electrons. The summed E-state index contributed by atoms with van der Waals surface area (Å²) >= 11 is 0. The van der Waals surface area contributed by atoms with Crippen molar-refractivity contribution in [3.05, 3.63) is 182 Å². The molecule has 0 saturated heterocycles. The molecule has 6 aromatic carbocycles. The van der Waals surface area contributed by atoms with E-state index in [4.69, 9.17) is 9.97 Å². The van der Waals surface area contributed by atoms with Crippen molar-refractivity contribution in [1.82, 2.24) is 19.5 Å². The lowest BCUT2D eigenvalue weighted by atomic mass is 9.92. The van der Waals surface area contributed by atoms with Gasteiger partial charge >= 0.3 is 0 Å². The Kier molecular flexibility index (Phi) is 7.98. The average Bonchev–Trinajstić information content (AvgIpc) is 3.55. The Labute approximate surface area is 303 Å². The van der Waals surface area contributed by atoms with Crippen LogP contribution in [0.4, 0.5) is 0 Å². The summed E-state index contributed by atoms with van der Waals surface area (Å²) in [7, 11) is 0. The van der Waals surface area contributed by atoms with Crippen LogP contribution in [0, 0.1) is 0 Å². The highest BCUT2D eigenvalue weighted by Crippen LogP contribution is 2.40. The van der Waals surface area contributed by atoms with Crippen molar-refractivity contribution in [3.8, 4) is 61.8 Å². The molecule has 0 aliphatic rings. The minimum Gasteiger partial charge on any atom is -0.308 e. The van der Waals surface area contributed by atoms with Gasteiger partial charge in [-0.25, -0.2) is 9.97 Å². The fraction of sp³-hybridized carbons (Fsp3) is 0.0625. The molecule has 0 radical (unpaired) electrons. The quantitative estimate of drug-likeness (QED) is 0.170. The second kappa shape index (κ2) is 13.2. The van der Waals surface area contributed by atoms with E-state index in [9.17, 15) is 0 Å². The van der Waals surface area contributed by atoms with Gasteiger partial charge in [0.2, 0.25) is 0 Å². The monoisotopic (exact) mass is 668 g/mol. The zero-order valence-electron chi connectivity index (χ0n) is 29.1. The zero-order chi connectivity index (χ0) is 35.0. The van der Waals surface area contributed by atoms with Crippen molar-refractivity contribution in [2.45, 2.75) is 19.8 Å². The first-order valence-electron chi connectivity index (χ1n) is 17.8. The van der Waals surface area contributed by atoms with Crippen LogP contribution < -0.4 is 0 Å². The molecule has 0 aliphatic carbocycles. The van der Waals surface area contributed by atoms with Crippen molar-refractivity contribution >= 4 is 21.8 Å². The fourth-order valence-corrected chi connectivity index (χ4v) is 7.22. The number of hydrogen-bond donors (Lipinski definition) is 0. The van der Waals surface area contributed by atoms with Crippen LogP contribution in [0.2, 0.25) is 0 Å². The largest absolute Gasteiger partial charge is 0.308 e. The minimum absolute atomic E-state index is 0.452. The Morgan fingerprint density at radius 1 is 0.442 bits per heavy atom. The third-order valence-electron chi connectivity index (χ3n) is 9.95. The molecule has 3 aromatic heterocycles. The molecule has 9 aromatic rings. The number of fused-ring (bicyclic) bond motifs is 3. The fourth-order valence-electron chi connectivity index (χ4n) is 7.22. The van der Waals surface area contributed by atoms with Gasteiger partial charge in [-0.1, -0.05) is 153 Å². The number of nitrogens with zero attached hydrogens (tertiary/aromatic N) is 4. The maximum atomic E-state index is 5.31. The molecule has 4 nitrogen and oxygen atoms in total. The summed E-state index contributed by atoms with van der Waals surface area (Å²) < 4.78 is 2.29. The molecular formula is C48H36N4. The third-order valence-corrected chi connectivity index (χ3v) is 9.95. The maximum Gasteiger partial charge on any atom is 0.160 e. The lowest BCUT2D eigenvalue weighted by Gasteiger charge is -2.17. The average molecular weight is 669 g/mol. The highest BCUT2D eigenvalue weighted by molar-refractivity contribution is 6.08. The second-order valence-corrected chi connectivity index (χ2v) is 13.5. The van der Waals surface area contributed by atoms with Gasteiger partial charge in [0.1, 0.15) is 0 Å². The van der Waals surface area contributed by atoms with Crippen molar-refractivity contribution in [2.75, 3.05) is 0 Å². The van der Waals surface area contributed by atoms with Gasteiger partial charge in [-0.3, -0.25) is 4.98 Å². The Morgan fingerprint density at radius 3 is 1.58 bits per heavy atom. The number of aromatic nitrogens is 4. The number of para-hydroxylation sites is 1. The summed E-state index contributed by atoms with van der Waals surface area (Å²) in [5, 5.41) is 2.43. The molecule has 0 unspecified atom stereocenters. The third kappa shape index (κ3) is 5.65. The zero-order valence-corrected chi connectivity index (χ0v) is 29.1. The number of pyridine rings is 1. The van der Waals surface area contributed by atoms with E-state index in [2.05, 4.69) is 175 Å². The summed E-state index contributed by atoms with van der Waals surface area (Å²) in [4.78, 5) is 15.0. The van der Waals surface area contributed by atoms with Gasteiger partial charge in [-0.2, -0.15) is 0 Å². The molecule has 0 aliphatic heterocycles. The van der Waals surface area contributed by atoms with Crippen molar-refractivity contribution in [3.63, 3.8) is 0 Å². The Morgan fingerprint density at radius 2 is 0.962 bits per heavy atom. The standard InChI is InChI=1S/C48H36N4/c1-32(2)33-17-21-36(22-18-33)45-46(37-11-5-3-6-12-37)50-48(51-47(45)38-13-7-4-8-14-38)39-23-19-34(20-24-39)35-25-27-40(28-26-35)52-43-16-10-9-15-41(43)42-29-30-49-31-44(42)52/h3-32H,1-2H3. The van der Waals surface area contributed by atoms with E-state index in [-0.39, 0.29) is 0 Å². The van der Waals surface area contributed by atoms with Crippen LogP contribution in [0.15, 0.2) is 176 Å². The predicted octanol–water partition coefficient (Wildman–Crippen LogP) is 12.4. The van der Waals surface area contributed by atoms with E-state index in [0.29, 0.717) is 11.7 Å². The molecule has 0 atom stereocenters. The summed E-state index contributed by atoms with van der Waals surface area (Å²) in [6.45, 7) is 4.45. The number of rotatable bonds is 7. The lowest BCUT2D eigenvalue weighted by Crippen LogP contribution is -2.01. The SMILES string of the molecule is CC(C)c1ccc(-c2c(-c3ccccc3)nc(-c3ccc(-c4ccc(-n5c6ccccc6c6ccncc65)cc4)cc3)nc2-c2ccccc2)cc1. The van der Waals surface area contributed by atoms with Crippen LogP contribution in [-0.4, -0.2) is 19.5 Å². The molecule has 3 heterocycles. The van der Waals surface area contributed by atoms with E-state index >= 15 is 0 Å². The first kappa shape index (κ1) is 31.3. The maximum absolute atomic E-state index is 5.31. The van der Waals surface area contributed by atoms with Crippen LogP contribution in [0.1, 0.15) is 25.3 Å². The van der Waals surface area contributed by atoms with Crippen LogP contribution in [0.3, 0.4) is 0 Å². The van der Waals surface area contributed by atoms with E-state index in [1.807, 2.05) is 24.5 Å². The van der Waals surface area contributed by atoms with Gasteiger partial charge in [0.15, 0.2) is 5.82 Å². The van der Waals surface area contributed by atoms with Crippen LogP contribution in [0.5, 0.6) is 0 Å². The van der Waals surface area contributed by atoms with Gasteiger partial charge in [0.25, 0.3) is 0 Å². The molecule has 4 heteroatoms. The summed E-state index contributed by atoms with van der Waals surface area (Å²) in [5.74, 6) is 1.15. The van der Waals surface area contributed by atoms with Crippen LogP contribution in [0.25, 0.3) is 83.6 Å². The van der Waals surface area contributed by atoms with E-state index in [1.54, 1.807) is 0 Å². The number of benzene rings is 6. The van der Waals surface area contributed by atoms with Gasteiger partial charge in [0.05, 0.1) is 28.6 Å². The summed E-state index contributed by atoms with van der Waals surface area (Å²) in [6.07, 6.45) is 3.81. The first-order chi connectivity index (χ1) is 25.6. The lowest BCUT2D eigenvalue weighted by molar-refractivity contribution is 0.867. The van der Waals surface area contributed by atoms with Crippen molar-refractivity contribution < 1.29 is 0 Å². The van der Waals surface area contributed by atoms with E-state index in [1.165, 1.54) is 21.9 Å². The second-order valence-electron chi connectivity index (χ2n) is 13.5. The minimum atomic E-state index is 0.452. The summed E-state index contributed by atoms with van der Waals surface area (Å²) in [5.41, 5.74) is 14.0. The molecule has 0 amide bonds. The van der Waals surface area contributed by atoms with E-state index in [0.717, 1.165) is 61.5 Å². The van der Waals surface area contributed by atoms with Gasteiger partial charge in [0, 0.05) is 44.9 Å². The van der Waals surface area contributed by atoms with Gasteiger partial charge < -0.3 is 4.57 Å². The van der Waals surface area contributed by atoms with Gasteiger partial charge in [-0.05, 0) is 52.4 Å². The Bertz CT molecular complexity index is 2540. The Balaban J connectivity index is 1.12. The van der Waals surface area contributed by atoms with Crippen LogP contribution in [-0.2, 0) is 0 Å². The molecule has 0 saturated carbocycles. The van der Waals surface area contributed by atoms with Crippen molar-refractivity contribution in [2.24, 2.45) is 0 Å². The molecule has 9 rings (SSSR count). The normalized spacial score (nSPS) is 11.4.